The predicted molar refractivity (Wildman–Crippen MR) is 102 cm³/mol. The van der Waals surface area contributed by atoms with E-state index in [-0.39, 0.29) is 18.2 Å². The molecule has 5 nitrogen and oxygen atoms in total. The molecule has 128 valence electrons. The molecule has 0 atom stereocenters. The molecule has 0 aliphatic carbocycles. The quantitative estimate of drug-likeness (QED) is 0.694. The number of rotatable bonds is 6. The van der Waals surface area contributed by atoms with Crippen molar-refractivity contribution in [3.05, 3.63) is 57.7 Å². The van der Waals surface area contributed by atoms with Crippen molar-refractivity contribution in [2.45, 2.75) is 19.9 Å². The van der Waals surface area contributed by atoms with E-state index in [1.54, 1.807) is 22.7 Å². The highest BCUT2D eigenvalue weighted by Crippen LogP contribution is 2.25. The summed E-state index contributed by atoms with van der Waals surface area (Å²) in [5.74, 6) is -0.196. The number of benzene rings is 1. The SMILES string of the molecule is CC(=O)Nc1cccc(CNC(=O)Cc2csc(-c3ccsc3)n2)c1. The van der Waals surface area contributed by atoms with Crippen molar-refractivity contribution in [3.63, 3.8) is 0 Å². The first kappa shape index (κ1) is 17.3. The minimum absolute atomic E-state index is 0.0768. The van der Waals surface area contributed by atoms with E-state index in [1.165, 1.54) is 6.92 Å². The molecule has 2 amide bonds. The Balaban J connectivity index is 1.54. The molecule has 3 rings (SSSR count). The lowest BCUT2D eigenvalue weighted by Crippen LogP contribution is -2.24. The smallest absolute Gasteiger partial charge is 0.226 e. The number of carbonyl (C=O) groups is 2. The number of amides is 2. The minimum atomic E-state index is -0.119. The number of carbonyl (C=O) groups excluding carboxylic acids is 2. The van der Waals surface area contributed by atoms with Crippen molar-refractivity contribution in [1.29, 1.82) is 0 Å². The maximum Gasteiger partial charge on any atom is 0.226 e. The van der Waals surface area contributed by atoms with Crippen LogP contribution in [-0.2, 0) is 22.6 Å². The van der Waals surface area contributed by atoms with Crippen molar-refractivity contribution in [2.75, 3.05) is 5.32 Å². The highest BCUT2D eigenvalue weighted by molar-refractivity contribution is 7.14. The third-order valence-electron chi connectivity index (χ3n) is 3.40. The lowest BCUT2D eigenvalue weighted by atomic mass is 10.2. The molecule has 0 aliphatic rings. The Morgan fingerprint density at radius 3 is 2.84 bits per heavy atom. The molecule has 0 saturated heterocycles. The first-order valence-corrected chi connectivity index (χ1v) is 9.52. The van der Waals surface area contributed by atoms with Gasteiger partial charge >= 0.3 is 0 Å². The molecule has 0 saturated carbocycles. The monoisotopic (exact) mass is 371 g/mol. The van der Waals surface area contributed by atoms with Crippen molar-refractivity contribution < 1.29 is 9.59 Å². The predicted octanol–water partition coefficient (Wildman–Crippen LogP) is 3.69. The van der Waals surface area contributed by atoms with Crippen LogP contribution in [0, 0.1) is 0 Å². The van der Waals surface area contributed by atoms with Crippen molar-refractivity contribution >= 4 is 40.2 Å². The fourth-order valence-electron chi connectivity index (χ4n) is 2.30. The van der Waals surface area contributed by atoms with Crippen LogP contribution in [0.15, 0.2) is 46.5 Å². The molecule has 0 spiro atoms. The van der Waals surface area contributed by atoms with E-state index in [0.717, 1.165) is 27.5 Å². The van der Waals surface area contributed by atoms with E-state index >= 15 is 0 Å². The summed E-state index contributed by atoms with van der Waals surface area (Å²) in [6.45, 7) is 1.88. The third-order valence-corrected chi connectivity index (χ3v) is 5.02. The molecule has 1 aromatic carbocycles. The maximum absolute atomic E-state index is 12.1. The molecule has 2 N–H and O–H groups in total. The summed E-state index contributed by atoms with van der Waals surface area (Å²) >= 11 is 3.18. The zero-order chi connectivity index (χ0) is 17.6. The number of nitrogens with zero attached hydrogens (tertiary/aromatic N) is 1. The Bertz CT molecular complexity index is 872. The van der Waals surface area contributed by atoms with Crippen molar-refractivity contribution in [1.82, 2.24) is 10.3 Å². The Labute approximate surface area is 153 Å². The number of hydrogen-bond acceptors (Lipinski definition) is 5. The van der Waals surface area contributed by atoms with Crippen molar-refractivity contribution in [3.8, 4) is 10.6 Å². The largest absolute Gasteiger partial charge is 0.352 e. The van der Waals surface area contributed by atoms with Crippen LogP contribution in [0.4, 0.5) is 5.69 Å². The number of thiophene rings is 1. The summed E-state index contributed by atoms with van der Waals surface area (Å²) in [6.07, 6.45) is 0.256. The molecule has 0 aliphatic heterocycles. The topological polar surface area (TPSA) is 71.1 Å². The van der Waals surface area contributed by atoms with E-state index in [1.807, 2.05) is 46.5 Å². The fraction of sp³-hybridized carbons (Fsp3) is 0.167. The van der Waals surface area contributed by atoms with Gasteiger partial charge in [-0.25, -0.2) is 4.98 Å². The average molecular weight is 371 g/mol. The summed E-state index contributed by atoms with van der Waals surface area (Å²) in [6, 6.07) is 9.44. The van der Waals surface area contributed by atoms with Crippen LogP contribution < -0.4 is 10.6 Å². The first-order valence-electron chi connectivity index (χ1n) is 7.70. The van der Waals surface area contributed by atoms with Gasteiger partial charge in [-0.1, -0.05) is 12.1 Å². The molecule has 3 aromatic rings. The molecule has 0 fully saturated rings. The van der Waals surface area contributed by atoms with Gasteiger partial charge in [-0.15, -0.1) is 11.3 Å². The standard InChI is InChI=1S/C18H17N3O2S2/c1-12(22)20-15-4-2-3-13(7-15)9-19-17(23)8-16-11-25-18(21-16)14-5-6-24-10-14/h2-7,10-11H,8-9H2,1H3,(H,19,23)(H,20,22). The highest BCUT2D eigenvalue weighted by Gasteiger charge is 2.09. The van der Waals surface area contributed by atoms with Gasteiger partial charge in [0.1, 0.15) is 5.01 Å². The van der Waals surface area contributed by atoms with Crippen LogP contribution in [0.2, 0.25) is 0 Å². The lowest BCUT2D eigenvalue weighted by molar-refractivity contribution is -0.120. The van der Waals surface area contributed by atoms with Gasteiger partial charge in [0, 0.05) is 35.5 Å². The van der Waals surface area contributed by atoms with Crippen LogP contribution in [0.5, 0.6) is 0 Å². The zero-order valence-corrected chi connectivity index (χ0v) is 15.2. The molecule has 0 radical (unpaired) electrons. The summed E-state index contributed by atoms with van der Waals surface area (Å²) in [4.78, 5) is 27.7. The second kappa shape index (κ2) is 8.04. The molecule has 2 aromatic heterocycles. The fourth-order valence-corrected chi connectivity index (χ4v) is 3.83. The summed E-state index contributed by atoms with van der Waals surface area (Å²) in [5, 5.41) is 12.5. The molecule has 2 heterocycles. The maximum atomic E-state index is 12.1. The van der Waals surface area contributed by atoms with Crippen LogP contribution in [-0.4, -0.2) is 16.8 Å². The lowest BCUT2D eigenvalue weighted by Gasteiger charge is -2.07. The van der Waals surface area contributed by atoms with Crippen molar-refractivity contribution in [2.24, 2.45) is 0 Å². The van der Waals surface area contributed by atoms with Gasteiger partial charge in [0.25, 0.3) is 0 Å². The van der Waals surface area contributed by atoms with E-state index in [9.17, 15) is 9.59 Å². The third kappa shape index (κ3) is 4.98. The molecule has 25 heavy (non-hydrogen) atoms. The Kier molecular flexibility index (Phi) is 5.57. The molecular formula is C18H17N3O2S2. The number of aromatic nitrogens is 1. The average Bonchev–Trinajstić information content (AvgIpc) is 3.24. The first-order chi connectivity index (χ1) is 12.1. The van der Waals surface area contributed by atoms with Crippen LogP contribution in [0.1, 0.15) is 18.2 Å². The Morgan fingerprint density at radius 1 is 1.20 bits per heavy atom. The zero-order valence-electron chi connectivity index (χ0n) is 13.6. The van der Waals surface area contributed by atoms with E-state index in [0.29, 0.717) is 6.54 Å². The number of anilines is 1. The molecule has 7 heteroatoms. The number of nitrogens with one attached hydrogen (secondary N) is 2. The van der Waals surface area contributed by atoms with E-state index in [4.69, 9.17) is 0 Å². The summed E-state index contributed by atoms with van der Waals surface area (Å²) in [7, 11) is 0. The van der Waals surface area contributed by atoms with E-state index in [2.05, 4.69) is 15.6 Å². The van der Waals surface area contributed by atoms with Gasteiger partial charge in [-0.2, -0.15) is 11.3 Å². The van der Waals surface area contributed by atoms with Crippen LogP contribution >= 0.6 is 22.7 Å². The summed E-state index contributed by atoms with van der Waals surface area (Å²) in [5.41, 5.74) is 3.52. The van der Waals surface area contributed by atoms with Gasteiger partial charge in [0.05, 0.1) is 12.1 Å². The molecule has 0 unspecified atom stereocenters. The Hall–Kier alpha value is -2.51. The highest BCUT2D eigenvalue weighted by atomic mass is 32.1. The molecular weight excluding hydrogens is 354 g/mol. The normalized spacial score (nSPS) is 10.4. The van der Waals surface area contributed by atoms with Gasteiger partial charge < -0.3 is 10.6 Å². The van der Waals surface area contributed by atoms with Gasteiger partial charge in [-0.3, -0.25) is 9.59 Å². The van der Waals surface area contributed by atoms with Gasteiger partial charge in [0.2, 0.25) is 11.8 Å². The molecule has 0 bridgehead atoms. The minimum Gasteiger partial charge on any atom is -0.352 e. The van der Waals surface area contributed by atoms with Gasteiger partial charge in [-0.05, 0) is 29.1 Å². The number of thiazole rings is 1. The van der Waals surface area contributed by atoms with Crippen LogP contribution in [0.25, 0.3) is 10.6 Å². The second-order valence-corrected chi connectivity index (χ2v) is 7.13. The Morgan fingerprint density at radius 2 is 2.08 bits per heavy atom. The number of hydrogen-bond donors (Lipinski definition) is 2. The second-order valence-electron chi connectivity index (χ2n) is 5.49. The van der Waals surface area contributed by atoms with Gasteiger partial charge in [0.15, 0.2) is 0 Å². The summed E-state index contributed by atoms with van der Waals surface area (Å²) < 4.78 is 0. The van der Waals surface area contributed by atoms with Crippen LogP contribution in [0.3, 0.4) is 0 Å². The van der Waals surface area contributed by atoms with E-state index < -0.39 is 0 Å².